The van der Waals surface area contributed by atoms with Crippen LogP contribution in [0.3, 0.4) is 0 Å². The normalized spacial score (nSPS) is 24.1. The number of hydrogen-bond acceptors (Lipinski definition) is 2. The molecule has 2 unspecified atom stereocenters. The number of phenols is 1. The Morgan fingerprint density at radius 1 is 1.32 bits per heavy atom. The van der Waals surface area contributed by atoms with Crippen molar-refractivity contribution in [2.24, 2.45) is 5.92 Å². The van der Waals surface area contributed by atoms with Crippen LogP contribution in [0.2, 0.25) is 0 Å². The first-order valence-corrected chi connectivity index (χ1v) is 9.78. The average Bonchev–Trinajstić information content (AvgIpc) is 2.56. The first-order valence-electron chi connectivity index (χ1n) is 9.78. The quantitative estimate of drug-likeness (QED) is 0.618. The second-order valence-corrected chi connectivity index (χ2v) is 8.38. The summed E-state index contributed by atoms with van der Waals surface area (Å²) in [6, 6.07) is 1.95. The maximum Gasteiger partial charge on any atom is 0.126 e. The van der Waals surface area contributed by atoms with Crippen LogP contribution < -0.4 is 4.74 Å². The fourth-order valence-electron chi connectivity index (χ4n) is 4.57. The summed E-state index contributed by atoms with van der Waals surface area (Å²) in [6.45, 7) is 15.7. The van der Waals surface area contributed by atoms with Crippen LogP contribution in [-0.4, -0.2) is 12.2 Å². The van der Waals surface area contributed by atoms with Gasteiger partial charge in [-0.3, -0.25) is 0 Å². The van der Waals surface area contributed by atoms with Crippen molar-refractivity contribution in [2.45, 2.75) is 85.5 Å². The Morgan fingerprint density at radius 3 is 2.48 bits per heavy atom. The summed E-state index contributed by atoms with van der Waals surface area (Å²) in [5.74, 6) is 2.18. The van der Waals surface area contributed by atoms with E-state index in [0.717, 1.165) is 42.6 Å². The van der Waals surface area contributed by atoms with Gasteiger partial charge in [0.25, 0.3) is 0 Å². The molecule has 0 saturated heterocycles. The number of phenolic OH excluding ortho intramolecular Hbond substituents is 1. The van der Waals surface area contributed by atoms with Crippen molar-refractivity contribution in [3.8, 4) is 11.5 Å². The minimum Gasteiger partial charge on any atom is -0.508 e. The van der Waals surface area contributed by atoms with Crippen LogP contribution in [-0.2, 0) is 11.8 Å². The number of methoxy groups -OCH3 is 1. The zero-order valence-corrected chi connectivity index (χ0v) is 17.4. The van der Waals surface area contributed by atoms with E-state index < -0.39 is 0 Å². The summed E-state index contributed by atoms with van der Waals surface area (Å²) in [4.78, 5) is 0. The molecule has 140 valence electrons. The lowest BCUT2D eigenvalue weighted by atomic mass is 9.61. The third-order valence-electron chi connectivity index (χ3n) is 6.58. The van der Waals surface area contributed by atoms with Gasteiger partial charge in [-0.1, -0.05) is 52.2 Å². The smallest absolute Gasteiger partial charge is 0.126 e. The van der Waals surface area contributed by atoms with E-state index in [1.165, 1.54) is 16.7 Å². The highest BCUT2D eigenvalue weighted by Crippen LogP contribution is 2.52. The molecule has 1 N–H and O–H groups in total. The largest absolute Gasteiger partial charge is 0.508 e. The van der Waals surface area contributed by atoms with Crippen molar-refractivity contribution >= 4 is 0 Å². The summed E-state index contributed by atoms with van der Waals surface area (Å²) in [5, 5.41) is 11.1. The van der Waals surface area contributed by atoms with Gasteiger partial charge in [0.2, 0.25) is 0 Å². The average molecular weight is 345 g/mol. The maximum absolute atomic E-state index is 11.1. The van der Waals surface area contributed by atoms with Crippen molar-refractivity contribution in [3.05, 3.63) is 33.9 Å². The first-order chi connectivity index (χ1) is 11.7. The second-order valence-electron chi connectivity index (χ2n) is 8.38. The zero-order valence-electron chi connectivity index (χ0n) is 17.4. The van der Waals surface area contributed by atoms with Gasteiger partial charge in [0.1, 0.15) is 11.5 Å². The molecule has 2 nitrogen and oxygen atoms in total. The maximum atomic E-state index is 11.1. The van der Waals surface area contributed by atoms with E-state index >= 15 is 0 Å². The molecule has 0 amide bonds. The third-order valence-corrected chi connectivity index (χ3v) is 6.58. The summed E-state index contributed by atoms with van der Waals surface area (Å²) in [6.07, 6.45) is 4.16. The van der Waals surface area contributed by atoms with Gasteiger partial charge in [-0.25, -0.2) is 0 Å². The van der Waals surface area contributed by atoms with Gasteiger partial charge in [-0.15, -0.1) is 0 Å². The van der Waals surface area contributed by atoms with Crippen LogP contribution >= 0.6 is 0 Å². The van der Waals surface area contributed by atoms with Crippen LogP contribution in [0.1, 0.15) is 90.3 Å². The monoisotopic (exact) mass is 344 g/mol. The molecule has 1 aliphatic rings. The van der Waals surface area contributed by atoms with Gasteiger partial charge in [-0.05, 0) is 51.0 Å². The van der Waals surface area contributed by atoms with E-state index in [-0.39, 0.29) is 5.41 Å². The highest BCUT2D eigenvalue weighted by atomic mass is 16.5. The zero-order chi connectivity index (χ0) is 18.9. The van der Waals surface area contributed by atoms with E-state index in [1.807, 2.05) is 6.07 Å². The van der Waals surface area contributed by atoms with Gasteiger partial charge in [0.05, 0.1) is 7.11 Å². The van der Waals surface area contributed by atoms with E-state index in [2.05, 4.69) is 48.5 Å². The van der Waals surface area contributed by atoms with Gasteiger partial charge >= 0.3 is 0 Å². The molecule has 0 aromatic heterocycles. The predicted octanol–water partition coefficient (Wildman–Crippen LogP) is 6.50. The minimum absolute atomic E-state index is 0.0546. The fourth-order valence-corrected chi connectivity index (χ4v) is 4.57. The molecule has 2 rings (SSSR count). The van der Waals surface area contributed by atoms with Gasteiger partial charge in [0, 0.05) is 22.1 Å². The van der Waals surface area contributed by atoms with Crippen molar-refractivity contribution in [3.63, 3.8) is 0 Å². The molecule has 0 spiro atoms. The summed E-state index contributed by atoms with van der Waals surface area (Å²) >= 11 is 0. The highest BCUT2D eigenvalue weighted by molar-refractivity contribution is 5.58. The molecule has 0 fully saturated rings. The number of allylic oxidation sites excluding steroid dienone is 2. The number of rotatable bonds is 5. The summed E-state index contributed by atoms with van der Waals surface area (Å²) in [5.41, 5.74) is 6.38. The lowest BCUT2D eigenvalue weighted by Crippen LogP contribution is -2.36. The minimum atomic E-state index is -0.0546. The molecule has 2 heteroatoms. The van der Waals surface area contributed by atoms with E-state index in [9.17, 15) is 5.11 Å². The molecule has 2 atom stereocenters. The molecule has 1 aromatic rings. The molecule has 0 radical (unpaired) electrons. The van der Waals surface area contributed by atoms with Crippen molar-refractivity contribution in [2.75, 3.05) is 7.11 Å². The van der Waals surface area contributed by atoms with E-state index in [1.54, 1.807) is 7.11 Å². The van der Waals surface area contributed by atoms with E-state index in [4.69, 9.17) is 4.74 Å². The Labute approximate surface area is 154 Å². The standard InChI is InChI=1S/C23H36O2/c1-9-10-18-21(20(24)13-19(14(2)3)22(18)25-8)23(7)12-11-15(4)16(5)17(23)6/h13-14,17,24H,9-12H2,1-8H3. The molecule has 0 aliphatic heterocycles. The molecular formula is C23H36O2. The topological polar surface area (TPSA) is 29.5 Å². The predicted molar refractivity (Wildman–Crippen MR) is 107 cm³/mol. The summed E-state index contributed by atoms with van der Waals surface area (Å²) in [7, 11) is 1.77. The molecule has 1 aliphatic carbocycles. The number of benzene rings is 1. The van der Waals surface area contributed by atoms with Gasteiger partial charge in [0.15, 0.2) is 0 Å². The van der Waals surface area contributed by atoms with E-state index in [0.29, 0.717) is 17.6 Å². The molecule has 25 heavy (non-hydrogen) atoms. The Hall–Kier alpha value is -1.44. The summed E-state index contributed by atoms with van der Waals surface area (Å²) < 4.78 is 5.88. The number of aromatic hydroxyl groups is 1. The van der Waals surface area contributed by atoms with Crippen molar-refractivity contribution in [1.29, 1.82) is 0 Å². The fraction of sp³-hybridized carbons (Fsp3) is 0.652. The van der Waals surface area contributed by atoms with Crippen LogP contribution in [0.4, 0.5) is 0 Å². The molecule has 0 heterocycles. The van der Waals surface area contributed by atoms with Crippen LogP contribution in [0.5, 0.6) is 11.5 Å². The lowest BCUT2D eigenvalue weighted by Gasteiger charge is -2.43. The van der Waals surface area contributed by atoms with Gasteiger partial charge < -0.3 is 9.84 Å². The molecule has 0 saturated carbocycles. The van der Waals surface area contributed by atoms with Gasteiger partial charge in [-0.2, -0.15) is 0 Å². The lowest BCUT2D eigenvalue weighted by molar-refractivity contribution is 0.291. The van der Waals surface area contributed by atoms with Crippen LogP contribution in [0.25, 0.3) is 0 Å². The number of ether oxygens (including phenoxy) is 1. The van der Waals surface area contributed by atoms with Crippen LogP contribution in [0.15, 0.2) is 17.2 Å². The molecule has 1 aromatic carbocycles. The Balaban J connectivity index is 2.77. The third kappa shape index (κ3) is 3.32. The number of hydrogen-bond donors (Lipinski definition) is 1. The van der Waals surface area contributed by atoms with Crippen molar-refractivity contribution < 1.29 is 9.84 Å². The first kappa shape index (κ1) is 19.9. The second kappa shape index (κ2) is 7.43. The Kier molecular flexibility index (Phi) is 5.91. The van der Waals surface area contributed by atoms with Crippen molar-refractivity contribution in [1.82, 2.24) is 0 Å². The SMILES string of the molecule is CCCc1c(OC)c(C(C)C)cc(O)c1C1(C)CCC(C)=C(C)C1C. The van der Waals surface area contributed by atoms with Crippen LogP contribution in [0, 0.1) is 5.92 Å². The Bertz CT molecular complexity index is 669. The molecule has 0 bridgehead atoms. The Morgan fingerprint density at radius 2 is 1.96 bits per heavy atom. The molecular weight excluding hydrogens is 308 g/mol. The highest BCUT2D eigenvalue weighted by Gasteiger charge is 2.41.